The lowest BCUT2D eigenvalue weighted by molar-refractivity contribution is -0.127. The van der Waals surface area contributed by atoms with Gasteiger partial charge in [-0.2, -0.15) is 0 Å². The van der Waals surface area contributed by atoms with Gasteiger partial charge < -0.3 is 9.32 Å². The minimum absolute atomic E-state index is 0.0177. The minimum Gasteiger partial charge on any atom is -0.411 e. The van der Waals surface area contributed by atoms with E-state index >= 15 is 0 Å². The quantitative estimate of drug-likeness (QED) is 0.631. The molecule has 0 aliphatic rings. The van der Waals surface area contributed by atoms with Crippen LogP contribution in [-0.4, -0.2) is 33.8 Å². The van der Waals surface area contributed by atoms with E-state index in [9.17, 15) is 4.79 Å². The molecule has 0 aliphatic carbocycles. The van der Waals surface area contributed by atoms with Crippen molar-refractivity contribution in [3.8, 4) is 11.5 Å². The highest BCUT2D eigenvalue weighted by Gasteiger charge is 2.14. The highest BCUT2D eigenvalue weighted by atomic mass is 32.2. The van der Waals surface area contributed by atoms with E-state index in [1.807, 2.05) is 61.5 Å². The maximum Gasteiger partial charge on any atom is 0.277 e. The second-order valence-corrected chi connectivity index (χ2v) is 6.69. The summed E-state index contributed by atoms with van der Waals surface area (Å²) in [5, 5.41) is 8.47. The van der Waals surface area contributed by atoms with Crippen molar-refractivity contribution < 1.29 is 9.21 Å². The molecule has 0 N–H and O–H groups in total. The summed E-state index contributed by atoms with van der Waals surface area (Å²) in [6.07, 6.45) is 0. The molecule has 5 nitrogen and oxygen atoms in total. The molecule has 0 saturated carbocycles. The summed E-state index contributed by atoms with van der Waals surface area (Å²) in [4.78, 5) is 14.0. The van der Waals surface area contributed by atoms with Crippen LogP contribution in [0.1, 0.15) is 11.1 Å². The lowest BCUT2D eigenvalue weighted by atomic mass is 10.1. The molecule has 3 rings (SSSR count). The van der Waals surface area contributed by atoms with Crippen molar-refractivity contribution in [3.05, 3.63) is 65.7 Å². The highest BCUT2D eigenvalue weighted by Crippen LogP contribution is 2.24. The molecular weight excluding hydrogens is 334 g/mol. The van der Waals surface area contributed by atoms with Crippen LogP contribution >= 0.6 is 11.8 Å². The second kappa shape index (κ2) is 7.98. The maximum atomic E-state index is 12.3. The van der Waals surface area contributed by atoms with E-state index in [4.69, 9.17) is 4.42 Å². The zero-order valence-corrected chi connectivity index (χ0v) is 15.0. The predicted molar refractivity (Wildman–Crippen MR) is 98.1 cm³/mol. The molecule has 0 spiro atoms. The molecular formula is C19H19N3O2S. The average Bonchev–Trinajstić information content (AvgIpc) is 3.09. The van der Waals surface area contributed by atoms with Crippen LogP contribution in [0, 0.1) is 6.92 Å². The third-order valence-corrected chi connectivity index (χ3v) is 4.48. The fourth-order valence-electron chi connectivity index (χ4n) is 2.34. The van der Waals surface area contributed by atoms with E-state index in [1.54, 1.807) is 11.9 Å². The molecule has 0 bridgehead atoms. The number of carbonyl (C=O) groups excluding carboxylic acids is 1. The van der Waals surface area contributed by atoms with E-state index in [0.717, 1.165) is 16.7 Å². The summed E-state index contributed by atoms with van der Waals surface area (Å²) in [7, 11) is 1.79. The largest absolute Gasteiger partial charge is 0.411 e. The Hall–Kier alpha value is -2.60. The van der Waals surface area contributed by atoms with Gasteiger partial charge in [0.15, 0.2) is 0 Å². The SMILES string of the molecule is Cc1cccc(-c2nnc(SCC(=O)N(C)Cc3ccccc3)o2)c1. The first-order chi connectivity index (χ1) is 12.1. The number of nitrogens with zero attached hydrogens (tertiary/aromatic N) is 3. The van der Waals surface area contributed by atoms with Gasteiger partial charge in [-0.1, -0.05) is 59.8 Å². The normalized spacial score (nSPS) is 10.6. The Labute approximate surface area is 151 Å². The second-order valence-electron chi connectivity index (χ2n) is 5.77. The molecule has 128 valence electrons. The molecule has 1 heterocycles. The summed E-state index contributed by atoms with van der Waals surface area (Å²) >= 11 is 1.26. The van der Waals surface area contributed by atoms with Crippen LogP contribution in [0.2, 0.25) is 0 Å². The lowest BCUT2D eigenvalue weighted by Gasteiger charge is -2.16. The molecule has 6 heteroatoms. The van der Waals surface area contributed by atoms with E-state index in [0.29, 0.717) is 17.7 Å². The van der Waals surface area contributed by atoms with Gasteiger partial charge in [0.2, 0.25) is 11.8 Å². The molecule has 0 unspecified atom stereocenters. The van der Waals surface area contributed by atoms with Crippen molar-refractivity contribution in [1.29, 1.82) is 0 Å². The number of hydrogen-bond acceptors (Lipinski definition) is 5. The Morgan fingerprint density at radius 2 is 1.92 bits per heavy atom. The Morgan fingerprint density at radius 1 is 1.12 bits per heavy atom. The molecule has 0 radical (unpaired) electrons. The summed E-state index contributed by atoms with van der Waals surface area (Å²) in [6.45, 7) is 2.59. The smallest absolute Gasteiger partial charge is 0.277 e. The van der Waals surface area contributed by atoms with Gasteiger partial charge in [0, 0.05) is 19.2 Å². The van der Waals surface area contributed by atoms with Gasteiger partial charge >= 0.3 is 0 Å². The van der Waals surface area contributed by atoms with Crippen LogP contribution in [0.25, 0.3) is 11.5 Å². The van der Waals surface area contributed by atoms with Crippen molar-refractivity contribution in [2.45, 2.75) is 18.7 Å². The zero-order valence-electron chi connectivity index (χ0n) is 14.2. The van der Waals surface area contributed by atoms with Crippen molar-refractivity contribution in [2.75, 3.05) is 12.8 Å². The van der Waals surface area contributed by atoms with Crippen LogP contribution < -0.4 is 0 Å². The first kappa shape index (κ1) is 17.2. The maximum absolute atomic E-state index is 12.3. The number of benzene rings is 2. The van der Waals surface area contributed by atoms with Crippen molar-refractivity contribution in [2.24, 2.45) is 0 Å². The first-order valence-corrected chi connectivity index (χ1v) is 8.91. The summed E-state index contributed by atoms with van der Waals surface area (Å²) in [5.41, 5.74) is 3.11. The van der Waals surface area contributed by atoms with Crippen LogP contribution in [0.4, 0.5) is 0 Å². The van der Waals surface area contributed by atoms with Gasteiger partial charge in [-0.25, -0.2) is 0 Å². The van der Waals surface area contributed by atoms with Crippen LogP contribution in [0.15, 0.2) is 64.2 Å². The number of aromatic nitrogens is 2. The number of amides is 1. The monoisotopic (exact) mass is 353 g/mol. The Kier molecular flexibility index (Phi) is 5.50. The van der Waals surface area contributed by atoms with Gasteiger partial charge in [-0.3, -0.25) is 4.79 Å². The van der Waals surface area contributed by atoms with E-state index in [-0.39, 0.29) is 11.7 Å². The van der Waals surface area contributed by atoms with E-state index in [1.165, 1.54) is 11.8 Å². The Bertz CT molecular complexity index is 849. The van der Waals surface area contributed by atoms with Gasteiger partial charge in [-0.15, -0.1) is 10.2 Å². The zero-order chi connectivity index (χ0) is 17.6. The van der Waals surface area contributed by atoms with Crippen molar-refractivity contribution >= 4 is 17.7 Å². The molecule has 1 aromatic heterocycles. The third kappa shape index (κ3) is 4.70. The third-order valence-electron chi connectivity index (χ3n) is 3.68. The molecule has 1 amide bonds. The number of carbonyl (C=O) groups is 1. The van der Waals surface area contributed by atoms with Gasteiger partial charge in [0.1, 0.15) is 0 Å². The predicted octanol–water partition coefficient (Wildman–Crippen LogP) is 3.80. The molecule has 0 fully saturated rings. The summed E-state index contributed by atoms with van der Waals surface area (Å²) in [5.74, 6) is 0.749. The number of thioether (sulfide) groups is 1. The average molecular weight is 353 g/mol. The molecule has 2 aromatic carbocycles. The topological polar surface area (TPSA) is 59.2 Å². The van der Waals surface area contributed by atoms with Crippen molar-refractivity contribution in [3.63, 3.8) is 0 Å². The summed E-state index contributed by atoms with van der Waals surface area (Å²) in [6, 6.07) is 17.8. The first-order valence-electron chi connectivity index (χ1n) is 7.93. The van der Waals surface area contributed by atoms with Gasteiger partial charge in [-0.05, 0) is 24.6 Å². The van der Waals surface area contributed by atoms with Crippen LogP contribution in [0.5, 0.6) is 0 Å². The van der Waals surface area contributed by atoms with Crippen molar-refractivity contribution in [1.82, 2.24) is 15.1 Å². The van der Waals surface area contributed by atoms with Gasteiger partial charge in [0.05, 0.1) is 5.75 Å². The fourth-order valence-corrected chi connectivity index (χ4v) is 3.05. The lowest BCUT2D eigenvalue weighted by Crippen LogP contribution is -2.27. The molecule has 3 aromatic rings. The number of rotatable bonds is 6. The minimum atomic E-state index is 0.0177. The number of aryl methyl sites for hydroxylation is 1. The number of hydrogen-bond donors (Lipinski definition) is 0. The van der Waals surface area contributed by atoms with E-state index in [2.05, 4.69) is 10.2 Å². The molecule has 0 atom stereocenters. The highest BCUT2D eigenvalue weighted by molar-refractivity contribution is 7.99. The Morgan fingerprint density at radius 3 is 2.68 bits per heavy atom. The summed E-state index contributed by atoms with van der Waals surface area (Å²) < 4.78 is 5.64. The standard InChI is InChI=1S/C19H19N3O2S/c1-14-7-6-10-16(11-14)18-20-21-19(24-18)25-13-17(23)22(2)12-15-8-4-3-5-9-15/h3-11H,12-13H2,1-2H3. The Balaban J connectivity index is 1.56. The van der Waals surface area contributed by atoms with Crippen LogP contribution in [0.3, 0.4) is 0 Å². The van der Waals surface area contributed by atoms with Crippen LogP contribution in [-0.2, 0) is 11.3 Å². The molecule has 0 saturated heterocycles. The van der Waals surface area contributed by atoms with E-state index < -0.39 is 0 Å². The molecule has 25 heavy (non-hydrogen) atoms. The fraction of sp³-hybridized carbons (Fsp3) is 0.211. The molecule has 0 aliphatic heterocycles. The van der Waals surface area contributed by atoms with Gasteiger partial charge in [0.25, 0.3) is 5.22 Å².